The summed E-state index contributed by atoms with van der Waals surface area (Å²) in [6.45, 7) is 2.01. The molecular weight excluding hydrogens is 356 g/mol. The maximum atomic E-state index is 13.5. The molecule has 5 heteroatoms. The third-order valence-electron chi connectivity index (χ3n) is 5.86. The molecule has 0 unspecified atom stereocenters. The molecule has 1 aromatic carbocycles. The van der Waals surface area contributed by atoms with Crippen molar-refractivity contribution in [3.05, 3.63) is 51.2 Å². The minimum absolute atomic E-state index is 0.0506. The van der Waals surface area contributed by atoms with Gasteiger partial charge in [-0.2, -0.15) is 0 Å². The Morgan fingerprint density at radius 2 is 1.85 bits per heavy atom. The van der Waals surface area contributed by atoms with Crippen molar-refractivity contribution >= 4 is 28.8 Å². The number of thiophene rings is 1. The molecule has 2 N–H and O–H groups in total. The van der Waals surface area contributed by atoms with Gasteiger partial charge in [0.25, 0.3) is 5.91 Å². The number of carbonyl (C=O) groups excluding carboxylic acids is 2. The fourth-order valence-corrected chi connectivity index (χ4v) is 5.65. The van der Waals surface area contributed by atoms with Crippen molar-refractivity contribution < 1.29 is 9.59 Å². The summed E-state index contributed by atoms with van der Waals surface area (Å²) in [5.41, 5.74) is 8.68. The number of nitrogens with zero attached hydrogens (tertiary/aromatic N) is 1. The number of hydrogen-bond donors (Lipinski definition) is 1. The number of carbonyl (C=O) groups is 2. The van der Waals surface area contributed by atoms with Gasteiger partial charge in [-0.15, -0.1) is 11.3 Å². The van der Waals surface area contributed by atoms with Crippen molar-refractivity contribution in [2.24, 2.45) is 5.73 Å². The van der Waals surface area contributed by atoms with Gasteiger partial charge in [-0.3, -0.25) is 9.59 Å². The topological polar surface area (TPSA) is 63.4 Å². The summed E-state index contributed by atoms with van der Waals surface area (Å²) in [5.74, 6) is -0.598. The summed E-state index contributed by atoms with van der Waals surface area (Å²) in [7, 11) is 0. The lowest BCUT2D eigenvalue weighted by atomic mass is 9.85. The van der Waals surface area contributed by atoms with Gasteiger partial charge < -0.3 is 10.6 Å². The fraction of sp³-hybridized carbons (Fsp3) is 0.455. The maximum absolute atomic E-state index is 13.5. The Labute approximate surface area is 164 Å². The first-order valence-corrected chi connectivity index (χ1v) is 10.7. The van der Waals surface area contributed by atoms with E-state index in [0.29, 0.717) is 6.42 Å². The van der Waals surface area contributed by atoms with Gasteiger partial charge in [0.05, 0.1) is 10.8 Å². The second-order valence-corrected chi connectivity index (χ2v) is 8.88. The Morgan fingerprint density at radius 3 is 2.63 bits per heavy atom. The van der Waals surface area contributed by atoms with Crippen molar-refractivity contribution in [2.75, 3.05) is 4.90 Å². The van der Waals surface area contributed by atoms with Crippen LogP contribution >= 0.6 is 11.3 Å². The highest BCUT2D eigenvalue weighted by molar-refractivity contribution is 7.14. The van der Waals surface area contributed by atoms with Crippen LogP contribution in [-0.4, -0.2) is 17.9 Å². The van der Waals surface area contributed by atoms with Crippen molar-refractivity contribution in [3.63, 3.8) is 0 Å². The van der Waals surface area contributed by atoms with E-state index in [9.17, 15) is 9.59 Å². The van der Waals surface area contributed by atoms with E-state index in [1.54, 1.807) is 11.3 Å². The number of primary amides is 1. The minimum atomic E-state index is -0.330. The molecule has 0 saturated carbocycles. The summed E-state index contributed by atoms with van der Waals surface area (Å²) in [5, 5.41) is 0. The molecule has 142 valence electrons. The third kappa shape index (κ3) is 3.41. The highest BCUT2D eigenvalue weighted by Gasteiger charge is 2.36. The van der Waals surface area contributed by atoms with E-state index in [2.05, 4.69) is 6.07 Å². The number of para-hydroxylation sites is 1. The molecule has 2 atom stereocenters. The number of rotatable bonds is 2. The largest absolute Gasteiger partial charge is 0.369 e. The number of benzene rings is 1. The van der Waals surface area contributed by atoms with Gasteiger partial charge in [0.2, 0.25) is 5.91 Å². The molecule has 2 heterocycles. The van der Waals surface area contributed by atoms with Crippen molar-refractivity contribution in [1.82, 2.24) is 0 Å². The van der Waals surface area contributed by atoms with Crippen LogP contribution in [0.15, 0.2) is 30.3 Å². The fourth-order valence-electron chi connectivity index (χ4n) is 4.46. The lowest BCUT2D eigenvalue weighted by Crippen LogP contribution is -2.45. The molecular formula is C22H26N2O2S. The zero-order valence-corrected chi connectivity index (χ0v) is 16.6. The van der Waals surface area contributed by atoms with Gasteiger partial charge in [0, 0.05) is 16.6 Å². The first kappa shape index (κ1) is 18.2. The van der Waals surface area contributed by atoms with Crippen LogP contribution < -0.4 is 10.6 Å². The van der Waals surface area contributed by atoms with E-state index in [-0.39, 0.29) is 23.8 Å². The number of amides is 2. The molecule has 2 aliphatic rings. The van der Waals surface area contributed by atoms with Gasteiger partial charge in [0.15, 0.2) is 0 Å². The Balaban J connectivity index is 1.70. The standard InChI is InChI=1S/C22H26N2O2S/c1-14-12-17(21(23)25)16-9-6-7-10-18(16)24(14)22(26)20-13-15-8-4-2-3-5-11-19(15)27-20/h6-7,9-10,13-14,17H,2-5,8,11-12H2,1H3,(H2,23,25)/t14-,17+/m0/s1. The number of hydrogen-bond acceptors (Lipinski definition) is 3. The Morgan fingerprint density at radius 1 is 1.11 bits per heavy atom. The van der Waals surface area contributed by atoms with E-state index in [0.717, 1.165) is 29.0 Å². The van der Waals surface area contributed by atoms with Gasteiger partial charge >= 0.3 is 0 Å². The second-order valence-electron chi connectivity index (χ2n) is 7.75. The van der Waals surface area contributed by atoms with Crippen LogP contribution in [0.2, 0.25) is 0 Å². The molecule has 0 radical (unpaired) electrons. The zero-order chi connectivity index (χ0) is 19.0. The summed E-state index contributed by atoms with van der Waals surface area (Å²) >= 11 is 1.66. The molecule has 0 fully saturated rings. The molecule has 1 aromatic heterocycles. The van der Waals surface area contributed by atoms with E-state index < -0.39 is 0 Å². The highest BCUT2D eigenvalue weighted by atomic mass is 32.1. The van der Waals surface area contributed by atoms with E-state index in [1.165, 1.54) is 36.1 Å². The van der Waals surface area contributed by atoms with Gasteiger partial charge in [0.1, 0.15) is 0 Å². The summed E-state index contributed by atoms with van der Waals surface area (Å²) in [6.07, 6.45) is 7.72. The summed E-state index contributed by atoms with van der Waals surface area (Å²) in [4.78, 5) is 29.5. The van der Waals surface area contributed by atoms with Crippen molar-refractivity contribution in [2.45, 2.75) is 63.8 Å². The van der Waals surface area contributed by atoms with Crippen LogP contribution in [0.5, 0.6) is 0 Å². The van der Waals surface area contributed by atoms with Crippen LogP contribution in [0.3, 0.4) is 0 Å². The Kier molecular flexibility index (Phi) is 5.04. The van der Waals surface area contributed by atoms with Crippen LogP contribution in [0, 0.1) is 0 Å². The van der Waals surface area contributed by atoms with Crippen molar-refractivity contribution in [3.8, 4) is 0 Å². The first-order valence-electron chi connectivity index (χ1n) is 9.89. The lowest BCUT2D eigenvalue weighted by molar-refractivity contribution is -0.119. The van der Waals surface area contributed by atoms with Crippen LogP contribution in [-0.2, 0) is 17.6 Å². The maximum Gasteiger partial charge on any atom is 0.268 e. The average molecular weight is 383 g/mol. The first-order chi connectivity index (χ1) is 13.1. The lowest BCUT2D eigenvalue weighted by Gasteiger charge is -2.38. The monoisotopic (exact) mass is 382 g/mol. The van der Waals surface area contributed by atoms with Gasteiger partial charge in [-0.1, -0.05) is 31.0 Å². The number of anilines is 1. The van der Waals surface area contributed by atoms with E-state index in [1.807, 2.05) is 36.1 Å². The summed E-state index contributed by atoms with van der Waals surface area (Å²) in [6, 6.07) is 9.73. The molecule has 0 bridgehead atoms. The predicted octanol–water partition coefficient (Wildman–Crippen LogP) is 4.42. The van der Waals surface area contributed by atoms with Crippen LogP contribution in [0.25, 0.3) is 0 Å². The molecule has 1 aliphatic heterocycles. The van der Waals surface area contributed by atoms with Crippen LogP contribution in [0.1, 0.15) is 70.6 Å². The van der Waals surface area contributed by atoms with E-state index in [4.69, 9.17) is 5.73 Å². The normalized spacial score (nSPS) is 22.3. The highest BCUT2D eigenvalue weighted by Crippen LogP contribution is 2.40. The molecule has 4 rings (SSSR count). The number of nitrogens with two attached hydrogens (primary N) is 1. The average Bonchev–Trinajstić information content (AvgIpc) is 3.02. The third-order valence-corrected chi connectivity index (χ3v) is 7.08. The predicted molar refractivity (Wildman–Crippen MR) is 109 cm³/mol. The Bertz CT molecular complexity index is 847. The van der Waals surface area contributed by atoms with Gasteiger partial charge in [-0.05, 0) is 62.3 Å². The second kappa shape index (κ2) is 7.47. The molecule has 2 aromatic rings. The molecule has 2 amide bonds. The van der Waals surface area contributed by atoms with E-state index >= 15 is 0 Å². The minimum Gasteiger partial charge on any atom is -0.369 e. The van der Waals surface area contributed by atoms with Crippen molar-refractivity contribution in [1.29, 1.82) is 0 Å². The molecule has 4 nitrogen and oxygen atoms in total. The van der Waals surface area contributed by atoms with Gasteiger partial charge in [-0.25, -0.2) is 0 Å². The number of aryl methyl sites for hydroxylation is 2. The molecule has 27 heavy (non-hydrogen) atoms. The number of fused-ring (bicyclic) bond motifs is 2. The van der Waals surface area contributed by atoms with Crippen LogP contribution in [0.4, 0.5) is 5.69 Å². The Hall–Kier alpha value is -2.14. The SMILES string of the molecule is C[C@H]1C[C@@H](C(N)=O)c2ccccc2N1C(=O)c1cc2c(s1)CCCCCC2. The molecule has 1 aliphatic carbocycles. The molecule has 0 saturated heterocycles. The summed E-state index contributed by atoms with van der Waals surface area (Å²) < 4.78 is 0. The molecule has 0 spiro atoms. The zero-order valence-electron chi connectivity index (χ0n) is 15.7. The quantitative estimate of drug-likeness (QED) is 0.836. The smallest absolute Gasteiger partial charge is 0.268 e.